The fourth-order valence-corrected chi connectivity index (χ4v) is 3.73. The van der Waals surface area contributed by atoms with E-state index in [0.29, 0.717) is 37.1 Å². The normalized spacial score (nSPS) is 21.7. The van der Waals surface area contributed by atoms with E-state index in [1.807, 2.05) is 27.7 Å². The molecule has 3 rings (SSSR count). The lowest BCUT2D eigenvalue weighted by molar-refractivity contribution is -0.141. The number of likely N-dealkylation sites (tertiary alicyclic amines) is 1. The molecule has 0 aromatic carbocycles. The van der Waals surface area contributed by atoms with Gasteiger partial charge in [-0.1, -0.05) is 0 Å². The number of hydrogen-bond donors (Lipinski definition) is 0. The summed E-state index contributed by atoms with van der Waals surface area (Å²) in [6.45, 7) is 13.6. The van der Waals surface area contributed by atoms with Gasteiger partial charge in [-0.3, -0.25) is 0 Å². The third-order valence-electron chi connectivity index (χ3n) is 6.25. The average molecular weight is 456 g/mol. The quantitative estimate of drug-likeness (QED) is 0.613. The van der Waals surface area contributed by atoms with Crippen LogP contribution >= 0.6 is 0 Å². The molecule has 0 aliphatic carbocycles. The maximum Gasteiger partial charge on any atom is 0.494 e. The van der Waals surface area contributed by atoms with Gasteiger partial charge < -0.3 is 18.9 Å². The van der Waals surface area contributed by atoms with Crippen molar-refractivity contribution in [3.05, 3.63) is 23.5 Å². The van der Waals surface area contributed by atoms with E-state index in [1.165, 1.54) is 0 Å². The van der Waals surface area contributed by atoms with Crippen LogP contribution in [0.15, 0.2) is 12.1 Å². The SMILES string of the molecule is CC(C)(C)OC(=O)N1CCC(c2cc(B3OC(C)(C)C(C)(C)O3)cc(C(F)(F)F)n2)CC1. The van der Waals surface area contributed by atoms with E-state index in [0.717, 1.165) is 6.07 Å². The van der Waals surface area contributed by atoms with Gasteiger partial charge in [-0.05, 0) is 78.9 Å². The van der Waals surface area contributed by atoms with Crippen molar-refractivity contribution in [1.82, 2.24) is 9.88 Å². The summed E-state index contributed by atoms with van der Waals surface area (Å²) in [6.07, 6.45) is -4.01. The van der Waals surface area contributed by atoms with Crippen LogP contribution in [-0.2, 0) is 20.2 Å². The molecule has 0 spiro atoms. The molecule has 1 amide bonds. The predicted molar refractivity (Wildman–Crippen MR) is 115 cm³/mol. The van der Waals surface area contributed by atoms with Crippen molar-refractivity contribution in [2.45, 2.75) is 90.2 Å². The van der Waals surface area contributed by atoms with Crippen molar-refractivity contribution in [2.24, 2.45) is 0 Å². The lowest BCUT2D eigenvalue weighted by Crippen LogP contribution is -2.42. The van der Waals surface area contributed by atoms with E-state index in [-0.39, 0.29) is 5.92 Å². The van der Waals surface area contributed by atoms with Crippen molar-refractivity contribution in [1.29, 1.82) is 0 Å². The first kappa shape index (κ1) is 24.8. The molecule has 3 heterocycles. The van der Waals surface area contributed by atoms with Crippen LogP contribution in [0.1, 0.15) is 78.6 Å². The monoisotopic (exact) mass is 456 g/mol. The maximum atomic E-state index is 13.6. The molecule has 178 valence electrons. The average Bonchev–Trinajstić information content (AvgIpc) is 2.87. The Morgan fingerprint density at radius 3 is 2.09 bits per heavy atom. The molecule has 1 aromatic heterocycles. The van der Waals surface area contributed by atoms with E-state index in [9.17, 15) is 18.0 Å². The third kappa shape index (κ3) is 5.39. The van der Waals surface area contributed by atoms with Crippen molar-refractivity contribution >= 4 is 18.7 Å². The molecule has 2 aliphatic heterocycles. The van der Waals surface area contributed by atoms with Crippen LogP contribution in [0.4, 0.5) is 18.0 Å². The maximum absolute atomic E-state index is 13.6. The van der Waals surface area contributed by atoms with Crippen molar-refractivity contribution in [2.75, 3.05) is 13.1 Å². The molecule has 0 atom stereocenters. The van der Waals surface area contributed by atoms with E-state index in [2.05, 4.69) is 4.98 Å². The fourth-order valence-electron chi connectivity index (χ4n) is 3.73. The van der Waals surface area contributed by atoms with Gasteiger partial charge in [0.05, 0.1) is 11.2 Å². The minimum atomic E-state index is -4.59. The van der Waals surface area contributed by atoms with E-state index in [1.54, 1.807) is 31.7 Å². The van der Waals surface area contributed by atoms with Gasteiger partial charge in [0.15, 0.2) is 0 Å². The molecule has 0 saturated carbocycles. The molecule has 10 heteroatoms. The Morgan fingerprint density at radius 1 is 1.09 bits per heavy atom. The fraction of sp³-hybridized carbons (Fsp3) is 0.727. The van der Waals surface area contributed by atoms with Crippen LogP contribution in [0, 0.1) is 0 Å². The number of rotatable bonds is 2. The summed E-state index contributed by atoms with van der Waals surface area (Å²) in [5, 5.41) is 0. The van der Waals surface area contributed by atoms with E-state index < -0.39 is 41.9 Å². The molecule has 0 bridgehead atoms. The van der Waals surface area contributed by atoms with Crippen LogP contribution in [0.2, 0.25) is 0 Å². The number of halogens is 3. The zero-order valence-corrected chi connectivity index (χ0v) is 19.8. The highest BCUT2D eigenvalue weighted by Crippen LogP contribution is 2.38. The van der Waals surface area contributed by atoms with Gasteiger partial charge in [0.25, 0.3) is 0 Å². The number of amides is 1. The highest BCUT2D eigenvalue weighted by Gasteiger charge is 2.52. The molecule has 0 radical (unpaired) electrons. The standard InChI is InChI=1S/C22H32BF3N2O4/c1-19(2,3)30-18(29)28-10-8-14(9-11-28)16-12-15(13-17(27-16)22(24,25)26)23-31-20(4,5)21(6,7)32-23/h12-14H,8-11H2,1-7H3. The number of carbonyl (C=O) groups is 1. The van der Waals surface area contributed by atoms with Gasteiger partial charge in [-0.2, -0.15) is 13.2 Å². The Bertz CT molecular complexity index is 844. The molecule has 0 N–H and O–H groups in total. The number of ether oxygens (including phenoxy) is 1. The van der Waals surface area contributed by atoms with Crippen LogP contribution in [0.3, 0.4) is 0 Å². The number of nitrogens with zero attached hydrogens (tertiary/aromatic N) is 2. The van der Waals surface area contributed by atoms with Gasteiger partial charge in [0.2, 0.25) is 0 Å². The van der Waals surface area contributed by atoms with Crippen molar-refractivity contribution in [3.63, 3.8) is 0 Å². The second-order valence-corrected chi connectivity index (χ2v) is 10.5. The first-order chi connectivity index (χ1) is 14.5. The highest BCUT2D eigenvalue weighted by molar-refractivity contribution is 6.62. The minimum absolute atomic E-state index is 0.211. The molecule has 2 saturated heterocycles. The number of carbonyl (C=O) groups excluding carboxylic acids is 1. The predicted octanol–water partition coefficient (Wildman–Crippen LogP) is 4.51. The van der Waals surface area contributed by atoms with Crippen LogP contribution < -0.4 is 5.46 Å². The summed E-state index contributed by atoms with van der Waals surface area (Å²) >= 11 is 0. The van der Waals surface area contributed by atoms with Crippen molar-refractivity contribution < 1.29 is 32.0 Å². The van der Waals surface area contributed by atoms with E-state index >= 15 is 0 Å². The first-order valence-corrected chi connectivity index (χ1v) is 10.9. The number of alkyl halides is 3. The summed E-state index contributed by atoms with van der Waals surface area (Å²) in [5.41, 5.74) is -2.26. The number of aromatic nitrogens is 1. The number of hydrogen-bond acceptors (Lipinski definition) is 5. The molecule has 2 fully saturated rings. The lowest BCUT2D eigenvalue weighted by Gasteiger charge is -2.33. The second-order valence-electron chi connectivity index (χ2n) is 10.5. The van der Waals surface area contributed by atoms with Crippen LogP contribution in [0.25, 0.3) is 0 Å². The molecule has 2 aliphatic rings. The first-order valence-electron chi connectivity index (χ1n) is 10.9. The smallest absolute Gasteiger partial charge is 0.444 e. The number of pyridine rings is 1. The summed E-state index contributed by atoms with van der Waals surface area (Å²) in [4.78, 5) is 17.8. The highest BCUT2D eigenvalue weighted by atomic mass is 19.4. The number of piperidine rings is 1. The second kappa shape index (κ2) is 8.20. The Morgan fingerprint density at radius 2 is 1.62 bits per heavy atom. The Kier molecular flexibility index (Phi) is 6.36. The van der Waals surface area contributed by atoms with Crippen LogP contribution in [-0.4, -0.2) is 53.0 Å². The summed E-state index contributed by atoms with van der Waals surface area (Å²) in [6, 6.07) is 2.65. The van der Waals surface area contributed by atoms with Crippen molar-refractivity contribution in [3.8, 4) is 0 Å². The third-order valence-corrected chi connectivity index (χ3v) is 6.25. The van der Waals surface area contributed by atoms with E-state index in [4.69, 9.17) is 14.0 Å². The molecule has 6 nitrogen and oxygen atoms in total. The minimum Gasteiger partial charge on any atom is -0.444 e. The van der Waals surface area contributed by atoms with Crippen LogP contribution in [0.5, 0.6) is 0 Å². The molecule has 0 unspecified atom stereocenters. The summed E-state index contributed by atoms with van der Waals surface area (Å²) in [7, 11) is -0.912. The molecule has 32 heavy (non-hydrogen) atoms. The van der Waals surface area contributed by atoms with Gasteiger partial charge in [0, 0.05) is 24.7 Å². The Balaban J connectivity index is 1.82. The molecular weight excluding hydrogens is 424 g/mol. The summed E-state index contributed by atoms with van der Waals surface area (Å²) in [5.74, 6) is -0.211. The molecule has 1 aromatic rings. The zero-order chi connectivity index (χ0) is 24.1. The summed E-state index contributed by atoms with van der Waals surface area (Å²) < 4.78 is 58.2. The van der Waals surface area contributed by atoms with Gasteiger partial charge >= 0.3 is 19.4 Å². The zero-order valence-electron chi connectivity index (χ0n) is 19.8. The van der Waals surface area contributed by atoms with Gasteiger partial charge in [-0.15, -0.1) is 0 Å². The lowest BCUT2D eigenvalue weighted by atomic mass is 9.77. The topological polar surface area (TPSA) is 60.9 Å². The molecular formula is C22H32BF3N2O4. The van der Waals surface area contributed by atoms with Gasteiger partial charge in [0.1, 0.15) is 11.3 Å². The Hall–Kier alpha value is -1.81. The van der Waals surface area contributed by atoms with Gasteiger partial charge in [-0.25, -0.2) is 9.78 Å². The largest absolute Gasteiger partial charge is 0.494 e. The Labute approximate surface area is 187 Å².